The van der Waals surface area contributed by atoms with Crippen molar-refractivity contribution < 1.29 is 30.7 Å². The third-order valence-electron chi connectivity index (χ3n) is 2.09. The van der Waals surface area contributed by atoms with Gasteiger partial charge in [-0.05, 0) is 28.1 Å². The van der Waals surface area contributed by atoms with Crippen molar-refractivity contribution in [2.24, 2.45) is 0 Å². The second kappa shape index (κ2) is 4.60. The van der Waals surface area contributed by atoms with Gasteiger partial charge in [0.1, 0.15) is 0 Å². The van der Waals surface area contributed by atoms with Gasteiger partial charge in [-0.15, -0.1) is 0 Å². The van der Waals surface area contributed by atoms with E-state index in [0.717, 1.165) is 0 Å². The maximum Gasteiger partial charge on any atom is 0.418 e. The molecule has 2 N–H and O–H groups in total. The lowest BCUT2D eigenvalue weighted by Crippen LogP contribution is -2.24. The standard InChI is InChI=1S/C9H5BrF7N/c10-5-2-3(8(13,14)7(11)12)1-4(6(5)18)9(15,16)17/h1-2,7H,18H2. The molecule has 9 heteroatoms. The van der Waals surface area contributed by atoms with Crippen LogP contribution < -0.4 is 5.73 Å². The molecular formula is C9H5BrF7N. The number of nitrogens with two attached hydrogens (primary N) is 1. The van der Waals surface area contributed by atoms with Gasteiger partial charge in [0.25, 0.3) is 0 Å². The highest BCUT2D eigenvalue weighted by Crippen LogP contribution is 2.43. The largest absolute Gasteiger partial charge is 0.418 e. The molecule has 0 fully saturated rings. The number of hydrogen-bond acceptors (Lipinski definition) is 1. The quantitative estimate of drug-likeness (QED) is 0.627. The van der Waals surface area contributed by atoms with Gasteiger partial charge in [-0.3, -0.25) is 0 Å². The van der Waals surface area contributed by atoms with Crippen LogP contribution in [0, 0.1) is 0 Å². The molecule has 0 spiro atoms. The number of nitrogen functional groups attached to an aromatic ring is 1. The summed E-state index contributed by atoms with van der Waals surface area (Å²) >= 11 is 2.53. The third-order valence-corrected chi connectivity index (χ3v) is 2.75. The van der Waals surface area contributed by atoms with Crippen LogP contribution in [0.15, 0.2) is 16.6 Å². The van der Waals surface area contributed by atoms with E-state index in [9.17, 15) is 30.7 Å². The number of anilines is 1. The molecule has 1 rings (SSSR count). The van der Waals surface area contributed by atoms with Crippen LogP contribution in [0.4, 0.5) is 36.4 Å². The fraction of sp³-hybridized carbons (Fsp3) is 0.333. The van der Waals surface area contributed by atoms with E-state index in [1.165, 1.54) is 0 Å². The summed E-state index contributed by atoms with van der Waals surface area (Å²) in [4.78, 5) is 0. The molecule has 0 aliphatic heterocycles. The van der Waals surface area contributed by atoms with E-state index in [1.807, 2.05) is 0 Å². The molecule has 0 bridgehead atoms. The van der Waals surface area contributed by atoms with Crippen molar-refractivity contribution >= 4 is 21.6 Å². The first-order valence-electron chi connectivity index (χ1n) is 4.30. The fourth-order valence-corrected chi connectivity index (χ4v) is 1.63. The van der Waals surface area contributed by atoms with E-state index in [2.05, 4.69) is 15.9 Å². The van der Waals surface area contributed by atoms with Gasteiger partial charge in [-0.1, -0.05) is 0 Å². The average molecular weight is 340 g/mol. The molecule has 0 saturated carbocycles. The summed E-state index contributed by atoms with van der Waals surface area (Å²) in [5.41, 5.74) is 1.18. The molecule has 0 heterocycles. The Kier molecular flexibility index (Phi) is 3.85. The Morgan fingerprint density at radius 3 is 1.94 bits per heavy atom. The Morgan fingerprint density at radius 2 is 1.56 bits per heavy atom. The van der Waals surface area contributed by atoms with Crippen molar-refractivity contribution in [3.8, 4) is 0 Å². The summed E-state index contributed by atoms with van der Waals surface area (Å²) in [6, 6.07) is 0.364. The first kappa shape index (κ1) is 15.1. The van der Waals surface area contributed by atoms with E-state index >= 15 is 0 Å². The molecule has 1 aromatic carbocycles. The van der Waals surface area contributed by atoms with Crippen molar-refractivity contribution in [2.75, 3.05) is 5.73 Å². The number of benzene rings is 1. The molecular weight excluding hydrogens is 335 g/mol. The highest BCUT2D eigenvalue weighted by Gasteiger charge is 2.45. The van der Waals surface area contributed by atoms with Crippen LogP contribution in [0.1, 0.15) is 11.1 Å². The molecule has 0 atom stereocenters. The molecule has 0 amide bonds. The molecule has 0 aromatic heterocycles. The lowest BCUT2D eigenvalue weighted by molar-refractivity contribution is -0.141. The van der Waals surface area contributed by atoms with Crippen LogP contribution in [0.25, 0.3) is 0 Å². The van der Waals surface area contributed by atoms with E-state index in [1.54, 1.807) is 0 Å². The predicted octanol–water partition coefficient (Wildman–Crippen LogP) is 4.41. The van der Waals surface area contributed by atoms with Crippen LogP contribution in [0.3, 0.4) is 0 Å². The lowest BCUT2D eigenvalue weighted by Gasteiger charge is -2.19. The van der Waals surface area contributed by atoms with E-state index in [4.69, 9.17) is 5.73 Å². The van der Waals surface area contributed by atoms with Crippen molar-refractivity contribution in [3.63, 3.8) is 0 Å². The zero-order valence-corrected chi connectivity index (χ0v) is 9.92. The smallest absolute Gasteiger partial charge is 0.397 e. The monoisotopic (exact) mass is 339 g/mol. The summed E-state index contributed by atoms with van der Waals surface area (Å²) in [6.07, 6.45) is -9.13. The highest BCUT2D eigenvalue weighted by atomic mass is 79.9. The van der Waals surface area contributed by atoms with Crippen LogP contribution in [-0.2, 0) is 12.1 Å². The summed E-state index contributed by atoms with van der Waals surface area (Å²) in [7, 11) is 0. The van der Waals surface area contributed by atoms with Gasteiger partial charge in [0.2, 0.25) is 0 Å². The van der Waals surface area contributed by atoms with E-state index in [-0.39, 0.29) is 6.07 Å². The van der Waals surface area contributed by atoms with Crippen LogP contribution in [0.2, 0.25) is 0 Å². The van der Waals surface area contributed by atoms with Crippen LogP contribution in [-0.4, -0.2) is 6.43 Å². The lowest BCUT2D eigenvalue weighted by atomic mass is 10.0. The second-order valence-corrected chi connectivity index (χ2v) is 4.20. The molecule has 0 radical (unpaired) electrons. The van der Waals surface area contributed by atoms with Gasteiger partial charge in [0.05, 0.1) is 11.3 Å². The Morgan fingerprint density at radius 1 is 1.06 bits per heavy atom. The number of rotatable bonds is 2. The van der Waals surface area contributed by atoms with Crippen LogP contribution in [0.5, 0.6) is 0 Å². The van der Waals surface area contributed by atoms with Crippen molar-refractivity contribution in [1.82, 2.24) is 0 Å². The Hall–Kier alpha value is -0.990. The molecule has 18 heavy (non-hydrogen) atoms. The molecule has 0 aliphatic rings. The van der Waals surface area contributed by atoms with Crippen LogP contribution >= 0.6 is 15.9 Å². The molecule has 0 aliphatic carbocycles. The minimum absolute atomic E-state index is 0.0771. The van der Waals surface area contributed by atoms with Gasteiger partial charge in [-0.2, -0.15) is 22.0 Å². The molecule has 1 nitrogen and oxygen atoms in total. The normalized spacial score (nSPS) is 13.2. The minimum Gasteiger partial charge on any atom is -0.397 e. The van der Waals surface area contributed by atoms with E-state index in [0.29, 0.717) is 6.07 Å². The summed E-state index contributed by atoms with van der Waals surface area (Å²) in [5, 5.41) is 0. The molecule has 0 unspecified atom stereocenters. The number of alkyl halides is 7. The zero-order valence-electron chi connectivity index (χ0n) is 8.33. The number of hydrogen-bond donors (Lipinski definition) is 1. The summed E-state index contributed by atoms with van der Waals surface area (Å²) < 4.78 is 87.0. The molecule has 0 saturated heterocycles. The first-order valence-corrected chi connectivity index (χ1v) is 5.10. The minimum atomic E-state index is -5.01. The maximum absolute atomic E-state index is 13.0. The summed E-state index contributed by atoms with van der Waals surface area (Å²) in [6.45, 7) is 0. The van der Waals surface area contributed by atoms with Gasteiger partial charge >= 0.3 is 18.5 Å². The molecule has 1 aromatic rings. The topological polar surface area (TPSA) is 26.0 Å². The number of halogens is 8. The Bertz CT molecular complexity index is 455. The maximum atomic E-state index is 13.0. The molecule has 102 valence electrons. The van der Waals surface area contributed by atoms with Crippen molar-refractivity contribution in [1.29, 1.82) is 0 Å². The van der Waals surface area contributed by atoms with Gasteiger partial charge < -0.3 is 5.73 Å². The summed E-state index contributed by atoms with van der Waals surface area (Å²) in [5.74, 6) is -4.68. The zero-order chi connectivity index (χ0) is 14.3. The van der Waals surface area contributed by atoms with E-state index < -0.39 is 39.8 Å². The van der Waals surface area contributed by atoms with Gasteiger partial charge in [-0.25, -0.2) is 8.78 Å². The van der Waals surface area contributed by atoms with Crippen molar-refractivity contribution in [2.45, 2.75) is 18.5 Å². The third kappa shape index (κ3) is 2.70. The Labute approximate surface area is 105 Å². The van der Waals surface area contributed by atoms with Gasteiger partial charge in [0, 0.05) is 10.0 Å². The van der Waals surface area contributed by atoms with Crippen molar-refractivity contribution in [3.05, 3.63) is 27.7 Å². The SMILES string of the molecule is Nc1c(Br)cc(C(F)(F)C(F)F)cc1C(F)(F)F. The fourth-order valence-electron chi connectivity index (χ4n) is 1.17. The Balaban J connectivity index is 3.48. The highest BCUT2D eigenvalue weighted by molar-refractivity contribution is 9.10. The second-order valence-electron chi connectivity index (χ2n) is 3.34. The first-order chi connectivity index (χ1) is 7.98. The van der Waals surface area contributed by atoms with Gasteiger partial charge in [0.15, 0.2) is 0 Å². The average Bonchev–Trinajstić information content (AvgIpc) is 2.19. The predicted molar refractivity (Wildman–Crippen MR) is 53.5 cm³/mol.